The molecule has 0 radical (unpaired) electrons. The summed E-state index contributed by atoms with van der Waals surface area (Å²) in [6.07, 6.45) is 4.33. The van der Waals surface area contributed by atoms with Crippen LogP contribution in [0.2, 0.25) is 0 Å². The Bertz CT molecular complexity index is 481. The Balaban J connectivity index is 2.56. The number of imidazole rings is 1. The summed E-state index contributed by atoms with van der Waals surface area (Å²) in [6.45, 7) is 8.93. The van der Waals surface area contributed by atoms with Crippen molar-refractivity contribution >= 4 is 0 Å². The predicted molar refractivity (Wildman–Crippen MR) is 70.4 cm³/mol. The highest BCUT2D eigenvalue weighted by Crippen LogP contribution is 2.17. The summed E-state index contributed by atoms with van der Waals surface area (Å²) >= 11 is 0. The number of nitrogens with zero attached hydrogens (tertiary/aromatic N) is 2. The highest BCUT2D eigenvalue weighted by atomic mass is 15.2. The Morgan fingerprint density at radius 1 is 1.00 bits per heavy atom. The fourth-order valence-corrected chi connectivity index (χ4v) is 2.24. The summed E-state index contributed by atoms with van der Waals surface area (Å²) in [6, 6.07) is 11.0. The van der Waals surface area contributed by atoms with Crippen LogP contribution in [0.1, 0.15) is 45.5 Å². The first-order valence-electron chi connectivity index (χ1n) is 6.29. The lowest BCUT2D eigenvalue weighted by molar-refractivity contribution is -0.723. The van der Waals surface area contributed by atoms with Crippen LogP contribution < -0.4 is 4.57 Å². The van der Waals surface area contributed by atoms with Crippen molar-refractivity contribution in [1.82, 2.24) is 4.57 Å². The summed E-state index contributed by atoms with van der Waals surface area (Å²) in [5.74, 6) is 1.86. The van der Waals surface area contributed by atoms with Gasteiger partial charge in [0.05, 0.1) is 12.0 Å². The first-order valence-corrected chi connectivity index (χ1v) is 6.29. The molecular weight excluding hydrogens is 208 g/mol. The van der Waals surface area contributed by atoms with Crippen LogP contribution in [0.15, 0.2) is 42.7 Å². The maximum absolute atomic E-state index is 2.34. The molecule has 2 heteroatoms. The lowest BCUT2D eigenvalue weighted by atomic mass is 10.2. The molecule has 0 aliphatic carbocycles. The van der Waals surface area contributed by atoms with Gasteiger partial charge in [0.25, 0.3) is 5.82 Å². The minimum atomic E-state index is 0.498. The summed E-state index contributed by atoms with van der Waals surface area (Å²) in [5, 5.41) is 0. The average Bonchev–Trinajstić information content (AvgIpc) is 2.74. The smallest absolute Gasteiger partial charge is 0.232 e. The molecule has 0 fully saturated rings. The fourth-order valence-electron chi connectivity index (χ4n) is 2.24. The van der Waals surface area contributed by atoms with E-state index in [1.54, 1.807) is 0 Å². The molecule has 17 heavy (non-hydrogen) atoms. The molecule has 0 N–H and O–H groups in total. The van der Waals surface area contributed by atoms with Gasteiger partial charge in [-0.1, -0.05) is 32.0 Å². The number of hydrogen-bond acceptors (Lipinski definition) is 0. The molecule has 1 heterocycles. The molecule has 0 aliphatic rings. The van der Waals surface area contributed by atoms with E-state index in [-0.39, 0.29) is 0 Å². The first-order chi connectivity index (χ1) is 8.11. The lowest BCUT2D eigenvalue weighted by Gasteiger charge is -2.09. The van der Waals surface area contributed by atoms with Crippen LogP contribution in [-0.4, -0.2) is 4.57 Å². The third-order valence-corrected chi connectivity index (χ3v) is 2.99. The molecule has 1 aromatic heterocycles. The SMILES string of the molecule is CC(C)c1n(-c2ccccc2)cc[n+]1C(C)C. The average molecular weight is 229 g/mol. The molecule has 0 unspecified atom stereocenters. The van der Waals surface area contributed by atoms with Crippen LogP contribution in [0.25, 0.3) is 5.69 Å². The van der Waals surface area contributed by atoms with Gasteiger partial charge in [-0.15, -0.1) is 0 Å². The molecule has 0 aliphatic heterocycles. The van der Waals surface area contributed by atoms with Gasteiger partial charge in [-0.05, 0) is 26.0 Å². The molecular formula is C15H21N2+. The molecule has 2 rings (SSSR count). The third-order valence-electron chi connectivity index (χ3n) is 2.99. The van der Waals surface area contributed by atoms with Crippen LogP contribution in [0.4, 0.5) is 0 Å². The van der Waals surface area contributed by atoms with Crippen molar-refractivity contribution in [3.63, 3.8) is 0 Å². The van der Waals surface area contributed by atoms with E-state index in [9.17, 15) is 0 Å². The summed E-state index contributed by atoms with van der Waals surface area (Å²) in [5.41, 5.74) is 1.23. The minimum absolute atomic E-state index is 0.498. The van der Waals surface area contributed by atoms with Gasteiger partial charge in [0, 0.05) is 0 Å². The van der Waals surface area contributed by atoms with E-state index in [1.807, 2.05) is 0 Å². The van der Waals surface area contributed by atoms with Gasteiger partial charge in [0.2, 0.25) is 0 Å². The Morgan fingerprint density at radius 3 is 2.18 bits per heavy atom. The fraction of sp³-hybridized carbons (Fsp3) is 0.400. The van der Waals surface area contributed by atoms with Gasteiger partial charge in [-0.3, -0.25) is 0 Å². The molecule has 90 valence electrons. The van der Waals surface area contributed by atoms with E-state index in [0.29, 0.717) is 12.0 Å². The Morgan fingerprint density at radius 2 is 1.65 bits per heavy atom. The van der Waals surface area contributed by atoms with Gasteiger partial charge in [0.15, 0.2) is 0 Å². The number of benzene rings is 1. The highest BCUT2D eigenvalue weighted by molar-refractivity contribution is 5.32. The molecule has 1 aromatic carbocycles. The van der Waals surface area contributed by atoms with Gasteiger partial charge in [-0.2, -0.15) is 4.57 Å². The zero-order valence-electron chi connectivity index (χ0n) is 11.1. The van der Waals surface area contributed by atoms with E-state index < -0.39 is 0 Å². The molecule has 0 saturated heterocycles. The molecule has 2 nitrogen and oxygen atoms in total. The van der Waals surface area contributed by atoms with Crippen molar-refractivity contribution in [1.29, 1.82) is 0 Å². The number of aromatic nitrogens is 2. The summed E-state index contributed by atoms with van der Waals surface area (Å²) < 4.78 is 4.63. The van der Waals surface area contributed by atoms with E-state index in [4.69, 9.17) is 0 Å². The van der Waals surface area contributed by atoms with Crippen LogP contribution in [-0.2, 0) is 0 Å². The number of rotatable bonds is 3. The van der Waals surface area contributed by atoms with Gasteiger partial charge in [0.1, 0.15) is 18.1 Å². The van der Waals surface area contributed by atoms with Crippen LogP contribution in [0.3, 0.4) is 0 Å². The highest BCUT2D eigenvalue weighted by Gasteiger charge is 2.23. The van der Waals surface area contributed by atoms with Crippen LogP contribution in [0, 0.1) is 0 Å². The van der Waals surface area contributed by atoms with Crippen molar-refractivity contribution in [3.8, 4) is 5.69 Å². The molecule has 0 atom stereocenters. The van der Waals surface area contributed by atoms with Crippen molar-refractivity contribution in [2.24, 2.45) is 0 Å². The quantitative estimate of drug-likeness (QED) is 0.713. The van der Waals surface area contributed by atoms with Crippen molar-refractivity contribution in [2.45, 2.75) is 39.7 Å². The molecule has 0 bridgehead atoms. The second-order valence-electron chi connectivity index (χ2n) is 5.02. The van der Waals surface area contributed by atoms with E-state index in [0.717, 1.165) is 0 Å². The molecule has 0 saturated carbocycles. The van der Waals surface area contributed by atoms with Crippen molar-refractivity contribution in [3.05, 3.63) is 48.5 Å². The second-order valence-corrected chi connectivity index (χ2v) is 5.02. The zero-order chi connectivity index (χ0) is 12.4. The van der Waals surface area contributed by atoms with Gasteiger partial charge < -0.3 is 0 Å². The number of para-hydroxylation sites is 1. The van der Waals surface area contributed by atoms with E-state index >= 15 is 0 Å². The monoisotopic (exact) mass is 229 g/mol. The van der Waals surface area contributed by atoms with E-state index in [1.165, 1.54) is 11.5 Å². The Labute approximate surface area is 104 Å². The standard InChI is InChI=1S/C15H21N2/c1-12(2)15-16(13(3)4)10-11-17(15)14-8-6-5-7-9-14/h5-13H,1-4H3/q+1. The first kappa shape index (κ1) is 11.9. The normalized spacial score (nSPS) is 11.4. The third kappa shape index (κ3) is 2.26. The lowest BCUT2D eigenvalue weighted by Crippen LogP contribution is -2.39. The number of hydrogen-bond donors (Lipinski definition) is 0. The van der Waals surface area contributed by atoms with Crippen LogP contribution in [0.5, 0.6) is 0 Å². The van der Waals surface area contributed by atoms with Crippen molar-refractivity contribution in [2.75, 3.05) is 0 Å². The summed E-state index contributed by atoms with van der Waals surface area (Å²) in [7, 11) is 0. The Hall–Kier alpha value is -1.57. The molecule has 0 amide bonds. The largest absolute Gasteiger partial charge is 0.264 e. The minimum Gasteiger partial charge on any atom is -0.232 e. The maximum atomic E-state index is 2.34. The van der Waals surface area contributed by atoms with Crippen molar-refractivity contribution < 1.29 is 4.57 Å². The zero-order valence-corrected chi connectivity index (χ0v) is 11.1. The van der Waals surface area contributed by atoms with Gasteiger partial charge in [-0.25, -0.2) is 4.57 Å². The topological polar surface area (TPSA) is 8.81 Å². The second kappa shape index (κ2) is 4.74. The summed E-state index contributed by atoms with van der Waals surface area (Å²) in [4.78, 5) is 0. The van der Waals surface area contributed by atoms with Gasteiger partial charge >= 0.3 is 0 Å². The predicted octanol–water partition coefficient (Wildman–Crippen LogP) is 3.47. The molecule has 0 spiro atoms. The Kier molecular flexibility index (Phi) is 3.32. The van der Waals surface area contributed by atoms with E-state index in [2.05, 4.69) is 79.6 Å². The molecule has 2 aromatic rings. The maximum Gasteiger partial charge on any atom is 0.264 e. The van der Waals surface area contributed by atoms with Crippen LogP contribution >= 0.6 is 0 Å².